The van der Waals surface area contributed by atoms with Crippen LogP contribution in [0, 0.1) is 16.0 Å². The van der Waals surface area contributed by atoms with Gasteiger partial charge in [0, 0.05) is 12.6 Å². The Labute approximate surface area is 117 Å². The van der Waals surface area contributed by atoms with Gasteiger partial charge in [0.1, 0.15) is 0 Å². The van der Waals surface area contributed by atoms with Crippen LogP contribution in [0.15, 0.2) is 18.2 Å². The molecule has 0 aliphatic carbocycles. The van der Waals surface area contributed by atoms with Crippen LogP contribution in [-0.4, -0.2) is 31.1 Å². The molecule has 0 fully saturated rings. The van der Waals surface area contributed by atoms with E-state index in [-0.39, 0.29) is 24.0 Å². The van der Waals surface area contributed by atoms with Crippen molar-refractivity contribution in [2.75, 3.05) is 20.3 Å². The second kappa shape index (κ2) is 7.32. The fourth-order valence-electron chi connectivity index (χ4n) is 1.40. The minimum Gasteiger partial charge on any atom is -0.493 e. The lowest BCUT2D eigenvalue weighted by molar-refractivity contribution is -0.385. The lowest BCUT2D eigenvalue weighted by Crippen LogP contribution is -2.31. The van der Waals surface area contributed by atoms with Gasteiger partial charge in [-0.05, 0) is 12.0 Å². The average Bonchev–Trinajstić information content (AvgIpc) is 2.42. The van der Waals surface area contributed by atoms with Crippen molar-refractivity contribution in [3.05, 3.63) is 28.3 Å². The summed E-state index contributed by atoms with van der Waals surface area (Å²) < 4.78 is 10.3. The number of nitro benzene ring substituents is 1. The van der Waals surface area contributed by atoms with E-state index in [1.54, 1.807) is 0 Å². The standard InChI is InChI=1S/C13H18N2O5/c1-9(2)7-14-13(16)8-20-12-6-10(15(17)18)4-5-11(12)19-3/h4-6,9H,7-8H2,1-3H3,(H,14,16). The molecule has 110 valence electrons. The minimum atomic E-state index is -0.537. The number of ether oxygens (including phenoxy) is 2. The molecule has 7 nitrogen and oxygen atoms in total. The number of rotatable bonds is 7. The van der Waals surface area contributed by atoms with Crippen molar-refractivity contribution in [3.63, 3.8) is 0 Å². The van der Waals surface area contributed by atoms with Crippen molar-refractivity contribution >= 4 is 11.6 Å². The van der Waals surface area contributed by atoms with Crippen LogP contribution in [0.5, 0.6) is 11.5 Å². The maximum absolute atomic E-state index is 11.5. The molecule has 0 radical (unpaired) electrons. The highest BCUT2D eigenvalue weighted by atomic mass is 16.6. The Kier molecular flexibility index (Phi) is 5.76. The molecule has 20 heavy (non-hydrogen) atoms. The molecule has 0 heterocycles. The van der Waals surface area contributed by atoms with Crippen LogP contribution < -0.4 is 14.8 Å². The molecule has 1 rings (SSSR count). The van der Waals surface area contributed by atoms with Gasteiger partial charge in [-0.25, -0.2) is 0 Å². The Hall–Kier alpha value is -2.31. The van der Waals surface area contributed by atoms with Gasteiger partial charge in [-0.1, -0.05) is 13.8 Å². The van der Waals surface area contributed by atoms with Gasteiger partial charge in [-0.2, -0.15) is 0 Å². The van der Waals surface area contributed by atoms with E-state index in [1.165, 1.54) is 25.3 Å². The highest BCUT2D eigenvalue weighted by Crippen LogP contribution is 2.30. The summed E-state index contributed by atoms with van der Waals surface area (Å²) in [5.41, 5.74) is -0.122. The summed E-state index contributed by atoms with van der Waals surface area (Å²) in [6.45, 7) is 4.29. The summed E-state index contributed by atoms with van der Waals surface area (Å²) in [5, 5.41) is 13.4. The third-order valence-electron chi connectivity index (χ3n) is 2.42. The van der Waals surface area contributed by atoms with Crippen LogP contribution in [0.25, 0.3) is 0 Å². The van der Waals surface area contributed by atoms with Crippen molar-refractivity contribution in [3.8, 4) is 11.5 Å². The summed E-state index contributed by atoms with van der Waals surface area (Å²) in [6, 6.07) is 3.97. The number of hydrogen-bond acceptors (Lipinski definition) is 5. The molecule has 0 unspecified atom stereocenters. The molecule has 0 bridgehead atoms. The number of non-ortho nitro benzene ring substituents is 1. The number of amides is 1. The Balaban J connectivity index is 2.68. The van der Waals surface area contributed by atoms with Gasteiger partial charge >= 0.3 is 0 Å². The highest BCUT2D eigenvalue weighted by molar-refractivity contribution is 5.77. The topological polar surface area (TPSA) is 90.7 Å². The first-order chi connectivity index (χ1) is 9.43. The number of nitro groups is 1. The molecular formula is C13H18N2O5. The van der Waals surface area contributed by atoms with Crippen LogP contribution >= 0.6 is 0 Å². The van der Waals surface area contributed by atoms with Crippen molar-refractivity contribution in [2.24, 2.45) is 5.92 Å². The van der Waals surface area contributed by atoms with Gasteiger partial charge in [-0.3, -0.25) is 14.9 Å². The number of hydrogen-bond donors (Lipinski definition) is 1. The minimum absolute atomic E-state index is 0.122. The highest BCUT2D eigenvalue weighted by Gasteiger charge is 2.13. The summed E-state index contributed by atoms with van der Waals surface area (Å²) in [6.07, 6.45) is 0. The molecule has 0 aliphatic heterocycles. The normalized spacial score (nSPS) is 10.2. The monoisotopic (exact) mass is 282 g/mol. The first kappa shape index (κ1) is 15.7. The summed E-state index contributed by atoms with van der Waals surface area (Å²) in [5.74, 6) is 0.562. The number of carbonyl (C=O) groups is 1. The predicted molar refractivity (Wildman–Crippen MR) is 73.0 cm³/mol. The van der Waals surface area contributed by atoms with Crippen LogP contribution in [0.2, 0.25) is 0 Å². The molecule has 1 amide bonds. The molecular weight excluding hydrogens is 264 g/mol. The van der Waals surface area contributed by atoms with Gasteiger partial charge in [0.05, 0.1) is 18.1 Å². The number of nitrogens with one attached hydrogen (secondary N) is 1. The lowest BCUT2D eigenvalue weighted by Gasteiger charge is -2.11. The van der Waals surface area contributed by atoms with Crippen LogP contribution in [0.3, 0.4) is 0 Å². The van der Waals surface area contributed by atoms with Gasteiger partial charge in [0.15, 0.2) is 18.1 Å². The third-order valence-corrected chi connectivity index (χ3v) is 2.42. The second-order valence-electron chi connectivity index (χ2n) is 4.58. The molecule has 0 aliphatic rings. The average molecular weight is 282 g/mol. The first-order valence-corrected chi connectivity index (χ1v) is 6.16. The predicted octanol–water partition coefficient (Wildman–Crippen LogP) is 1.75. The number of benzene rings is 1. The zero-order chi connectivity index (χ0) is 15.1. The SMILES string of the molecule is COc1ccc([N+](=O)[O-])cc1OCC(=O)NCC(C)C. The molecule has 0 spiro atoms. The van der Waals surface area contributed by atoms with Crippen molar-refractivity contribution in [1.29, 1.82) is 0 Å². The maximum atomic E-state index is 11.5. The van der Waals surface area contributed by atoms with E-state index in [9.17, 15) is 14.9 Å². The number of nitrogens with zero attached hydrogens (tertiary/aromatic N) is 1. The number of methoxy groups -OCH3 is 1. The van der Waals surface area contributed by atoms with Crippen LogP contribution in [0.4, 0.5) is 5.69 Å². The molecule has 1 aromatic carbocycles. The van der Waals surface area contributed by atoms with Gasteiger partial charge < -0.3 is 14.8 Å². The molecule has 1 aromatic rings. The third kappa shape index (κ3) is 4.75. The van der Waals surface area contributed by atoms with E-state index in [2.05, 4.69) is 5.32 Å². The molecule has 0 saturated heterocycles. The quantitative estimate of drug-likeness (QED) is 0.607. The van der Waals surface area contributed by atoms with Crippen LogP contribution in [-0.2, 0) is 4.79 Å². The van der Waals surface area contributed by atoms with Gasteiger partial charge in [0.25, 0.3) is 11.6 Å². The molecule has 7 heteroatoms. The van der Waals surface area contributed by atoms with E-state index >= 15 is 0 Å². The molecule has 0 saturated carbocycles. The fourth-order valence-corrected chi connectivity index (χ4v) is 1.40. The summed E-state index contributed by atoms with van der Waals surface area (Å²) >= 11 is 0. The van der Waals surface area contributed by atoms with E-state index in [1.807, 2.05) is 13.8 Å². The first-order valence-electron chi connectivity index (χ1n) is 6.16. The van der Waals surface area contributed by atoms with E-state index in [0.717, 1.165) is 0 Å². The smallest absolute Gasteiger partial charge is 0.273 e. The van der Waals surface area contributed by atoms with E-state index < -0.39 is 4.92 Å². The number of carbonyl (C=O) groups excluding carboxylic acids is 1. The Morgan fingerprint density at radius 2 is 2.10 bits per heavy atom. The summed E-state index contributed by atoms with van der Waals surface area (Å²) in [7, 11) is 1.42. The van der Waals surface area contributed by atoms with E-state index in [0.29, 0.717) is 18.2 Å². The molecule has 1 N–H and O–H groups in total. The second-order valence-corrected chi connectivity index (χ2v) is 4.58. The maximum Gasteiger partial charge on any atom is 0.273 e. The zero-order valence-corrected chi connectivity index (χ0v) is 11.7. The Bertz CT molecular complexity index is 488. The van der Waals surface area contributed by atoms with Crippen LogP contribution in [0.1, 0.15) is 13.8 Å². The molecule has 0 atom stereocenters. The van der Waals surface area contributed by atoms with E-state index in [4.69, 9.17) is 9.47 Å². The lowest BCUT2D eigenvalue weighted by atomic mass is 10.2. The van der Waals surface area contributed by atoms with Crippen molar-refractivity contribution < 1.29 is 19.2 Å². The summed E-state index contributed by atoms with van der Waals surface area (Å²) in [4.78, 5) is 21.7. The largest absolute Gasteiger partial charge is 0.493 e. The Morgan fingerprint density at radius 1 is 1.40 bits per heavy atom. The van der Waals surface area contributed by atoms with Crippen molar-refractivity contribution in [1.82, 2.24) is 5.32 Å². The van der Waals surface area contributed by atoms with Gasteiger partial charge in [0.2, 0.25) is 0 Å². The zero-order valence-electron chi connectivity index (χ0n) is 11.7. The Morgan fingerprint density at radius 3 is 2.65 bits per heavy atom. The fraction of sp³-hybridized carbons (Fsp3) is 0.462. The van der Waals surface area contributed by atoms with Gasteiger partial charge in [-0.15, -0.1) is 0 Å². The molecule has 0 aromatic heterocycles. The van der Waals surface area contributed by atoms with Crippen molar-refractivity contribution in [2.45, 2.75) is 13.8 Å².